The lowest BCUT2D eigenvalue weighted by atomic mass is 10.1. The molecule has 0 saturated carbocycles. The SMILES string of the molecule is C=CCOCc1noc2c1CN(C(=O)c1ccnnc1)CC2. The van der Waals surface area contributed by atoms with Crippen LogP contribution in [0.1, 0.15) is 27.4 Å². The van der Waals surface area contributed by atoms with Crippen LogP contribution in [0, 0.1) is 0 Å². The molecule has 0 spiro atoms. The second kappa shape index (κ2) is 6.48. The molecule has 0 atom stereocenters. The Balaban J connectivity index is 1.74. The molecule has 0 fully saturated rings. The number of amides is 1. The van der Waals surface area contributed by atoms with E-state index >= 15 is 0 Å². The van der Waals surface area contributed by atoms with E-state index in [0.717, 1.165) is 17.0 Å². The summed E-state index contributed by atoms with van der Waals surface area (Å²) in [6.07, 6.45) is 5.31. The van der Waals surface area contributed by atoms with Gasteiger partial charge in [-0.3, -0.25) is 4.79 Å². The lowest BCUT2D eigenvalue weighted by Crippen LogP contribution is -2.36. The van der Waals surface area contributed by atoms with Crippen molar-refractivity contribution in [2.45, 2.75) is 19.6 Å². The second-order valence-corrected chi connectivity index (χ2v) is 4.94. The topological polar surface area (TPSA) is 81.4 Å². The van der Waals surface area contributed by atoms with Crippen LogP contribution in [0.4, 0.5) is 0 Å². The molecular formula is C15H16N4O3. The van der Waals surface area contributed by atoms with E-state index < -0.39 is 0 Å². The lowest BCUT2D eigenvalue weighted by molar-refractivity contribution is 0.0726. The van der Waals surface area contributed by atoms with Gasteiger partial charge >= 0.3 is 0 Å². The average Bonchev–Trinajstić information content (AvgIpc) is 2.98. The second-order valence-electron chi connectivity index (χ2n) is 4.94. The maximum atomic E-state index is 12.5. The first kappa shape index (κ1) is 14.4. The number of hydrogen-bond donors (Lipinski definition) is 0. The largest absolute Gasteiger partial charge is 0.371 e. The molecule has 0 bridgehead atoms. The van der Waals surface area contributed by atoms with Gasteiger partial charge in [-0.1, -0.05) is 11.2 Å². The molecule has 1 aliphatic rings. The third-order valence-corrected chi connectivity index (χ3v) is 3.50. The maximum Gasteiger partial charge on any atom is 0.255 e. The minimum Gasteiger partial charge on any atom is -0.371 e. The predicted molar refractivity (Wildman–Crippen MR) is 76.8 cm³/mol. The molecule has 0 N–H and O–H groups in total. The molecule has 7 nitrogen and oxygen atoms in total. The van der Waals surface area contributed by atoms with Crippen molar-refractivity contribution >= 4 is 5.91 Å². The van der Waals surface area contributed by atoms with E-state index in [2.05, 4.69) is 21.9 Å². The number of rotatable bonds is 5. The summed E-state index contributed by atoms with van der Waals surface area (Å²) in [6.45, 7) is 5.46. The minimum atomic E-state index is -0.0697. The van der Waals surface area contributed by atoms with Crippen molar-refractivity contribution in [3.8, 4) is 0 Å². The number of carbonyl (C=O) groups is 1. The zero-order valence-electron chi connectivity index (χ0n) is 12.1. The standard InChI is InChI=1S/C15H16N4O3/c1-2-7-21-10-13-12-9-19(6-4-14(12)22-18-13)15(20)11-3-5-16-17-8-11/h2-3,5,8H,1,4,6-7,9-10H2. The Labute approximate surface area is 127 Å². The summed E-state index contributed by atoms with van der Waals surface area (Å²) in [5.74, 6) is 0.758. The van der Waals surface area contributed by atoms with Crippen molar-refractivity contribution in [1.29, 1.82) is 0 Å². The summed E-state index contributed by atoms with van der Waals surface area (Å²) in [7, 11) is 0. The first-order valence-electron chi connectivity index (χ1n) is 7.00. The molecule has 1 amide bonds. The molecular weight excluding hydrogens is 284 g/mol. The van der Waals surface area contributed by atoms with E-state index in [4.69, 9.17) is 9.26 Å². The summed E-state index contributed by atoms with van der Waals surface area (Å²) >= 11 is 0. The molecule has 114 valence electrons. The highest BCUT2D eigenvalue weighted by atomic mass is 16.5. The van der Waals surface area contributed by atoms with Crippen molar-refractivity contribution in [3.63, 3.8) is 0 Å². The fourth-order valence-electron chi connectivity index (χ4n) is 2.39. The Kier molecular flexibility index (Phi) is 4.24. The number of aromatic nitrogens is 3. The van der Waals surface area contributed by atoms with Gasteiger partial charge < -0.3 is 14.2 Å². The van der Waals surface area contributed by atoms with Gasteiger partial charge in [-0.2, -0.15) is 10.2 Å². The van der Waals surface area contributed by atoms with Gasteiger partial charge in [0.25, 0.3) is 5.91 Å². The highest BCUT2D eigenvalue weighted by Gasteiger charge is 2.27. The Morgan fingerprint density at radius 3 is 3.18 bits per heavy atom. The van der Waals surface area contributed by atoms with E-state index in [9.17, 15) is 4.79 Å². The van der Waals surface area contributed by atoms with E-state index in [1.165, 1.54) is 12.4 Å². The van der Waals surface area contributed by atoms with Crippen molar-refractivity contribution < 1.29 is 14.1 Å². The summed E-state index contributed by atoms with van der Waals surface area (Å²) < 4.78 is 10.7. The summed E-state index contributed by atoms with van der Waals surface area (Å²) in [6, 6.07) is 1.66. The van der Waals surface area contributed by atoms with Crippen molar-refractivity contribution in [1.82, 2.24) is 20.3 Å². The lowest BCUT2D eigenvalue weighted by Gasteiger charge is -2.26. The van der Waals surface area contributed by atoms with Crippen LogP contribution >= 0.6 is 0 Å². The predicted octanol–water partition coefficient (Wildman–Crippen LogP) is 1.37. The van der Waals surface area contributed by atoms with Crippen LogP contribution in [0.5, 0.6) is 0 Å². The number of fused-ring (bicyclic) bond motifs is 1. The normalized spacial score (nSPS) is 13.7. The third kappa shape index (κ3) is 2.89. The molecule has 22 heavy (non-hydrogen) atoms. The number of hydrogen-bond acceptors (Lipinski definition) is 6. The molecule has 0 unspecified atom stereocenters. The molecule has 7 heteroatoms. The molecule has 0 aromatic carbocycles. The number of carbonyl (C=O) groups excluding carboxylic acids is 1. The van der Waals surface area contributed by atoms with Gasteiger partial charge in [-0.15, -0.1) is 6.58 Å². The van der Waals surface area contributed by atoms with Crippen LogP contribution in [-0.4, -0.2) is 39.3 Å². The fourth-order valence-corrected chi connectivity index (χ4v) is 2.39. The van der Waals surface area contributed by atoms with Crippen LogP contribution < -0.4 is 0 Å². The van der Waals surface area contributed by atoms with Gasteiger partial charge in [-0.05, 0) is 6.07 Å². The van der Waals surface area contributed by atoms with Gasteiger partial charge in [0.05, 0.1) is 37.7 Å². The summed E-state index contributed by atoms with van der Waals surface area (Å²) in [5, 5.41) is 11.5. The Morgan fingerprint density at radius 1 is 1.50 bits per heavy atom. The van der Waals surface area contributed by atoms with E-state index in [1.54, 1.807) is 17.0 Å². The highest BCUT2D eigenvalue weighted by Crippen LogP contribution is 2.24. The van der Waals surface area contributed by atoms with Crippen LogP contribution in [0.3, 0.4) is 0 Å². The highest BCUT2D eigenvalue weighted by molar-refractivity contribution is 5.93. The van der Waals surface area contributed by atoms with Crippen molar-refractivity contribution in [2.75, 3.05) is 13.2 Å². The molecule has 0 radical (unpaired) electrons. The van der Waals surface area contributed by atoms with Crippen LogP contribution in [0.25, 0.3) is 0 Å². The van der Waals surface area contributed by atoms with Crippen molar-refractivity contribution in [3.05, 3.63) is 53.7 Å². The molecule has 2 aromatic heterocycles. The monoisotopic (exact) mass is 300 g/mol. The Bertz CT molecular complexity index is 669. The fraction of sp³-hybridized carbons (Fsp3) is 0.333. The summed E-state index contributed by atoms with van der Waals surface area (Å²) in [5.41, 5.74) is 2.20. The van der Waals surface area contributed by atoms with Gasteiger partial charge in [0.1, 0.15) is 11.5 Å². The average molecular weight is 300 g/mol. The van der Waals surface area contributed by atoms with E-state index in [1.807, 2.05) is 0 Å². The van der Waals surface area contributed by atoms with Gasteiger partial charge in [0.15, 0.2) is 0 Å². The number of nitrogens with zero attached hydrogens (tertiary/aromatic N) is 4. The smallest absolute Gasteiger partial charge is 0.255 e. The Hall–Kier alpha value is -2.54. The molecule has 2 aromatic rings. The molecule has 0 aliphatic carbocycles. The maximum absolute atomic E-state index is 12.5. The zero-order chi connectivity index (χ0) is 15.4. The van der Waals surface area contributed by atoms with Crippen molar-refractivity contribution in [2.24, 2.45) is 0 Å². The zero-order valence-corrected chi connectivity index (χ0v) is 12.1. The van der Waals surface area contributed by atoms with Gasteiger partial charge in [0.2, 0.25) is 0 Å². The molecule has 3 heterocycles. The minimum absolute atomic E-state index is 0.0697. The number of ether oxygens (including phenoxy) is 1. The first-order chi connectivity index (χ1) is 10.8. The molecule has 1 aliphatic heterocycles. The van der Waals surface area contributed by atoms with E-state index in [0.29, 0.717) is 38.3 Å². The summed E-state index contributed by atoms with van der Waals surface area (Å²) in [4.78, 5) is 14.2. The van der Waals surface area contributed by atoms with Crippen LogP contribution in [0.2, 0.25) is 0 Å². The van der Waals surface area contributed by atoms with Gasteiger partial charge in [0, 0.05) is 18.5 Å². The van der Waals surface area contributed by atoms with Crippen LogP contribution in [-0.2, 0) is 24.3 Å². The molecule has 0 saturated heterocycles. The Morgan fingerprint density at radius 2 is 2.41 bits per heavy atom. The third-order valence-electron chi connectivity index (χ3n) is 3.50. The molecule has 3 rings (SSSR count). The first-order valence-corrected chi connectivity index (χ1v) is 7.00. The van der Waals surface area contributed by atoms with E-state index in [-0.39, 0.29) is 5.91 Å². The quantitative estimate of drug-likeness (QED) is 0.612. The van der Waals surface area contributed by atoms with Gasteiger partial charge in [-0.25, -0.2) is 0 Å². The van der Waals surface area contributed by atoms with Crippen LogP contribution in [0.15, 0.2) is 35.6 Å².